The zero-order valence-corrected chi connectivity index (χ0v) is 14.9. The van der Waals surface area contributed by atoms with E-state index < -0.39 is 9.05 Å². The lowest BCUT2D eigenvalue weighted by molar-refractivity contribution is -0.120. The van der Waals surface area contributed by atoms with Crippen molar-refractivity contribution in [2.24, 2.45) is 5.92 Å². The monoisotopic (exact) mass is 371 g/mol. The summed E-state index contributed by atoms with van der Waals surface area (Å²) in [6.07, 6.45) is 1.37. The predicted octanol–water partition coefficient (Wildman–Crippen LogP) is 4.60. The van der Waals surface area contributed by atoms with E-state index in [0.717, 1.165) is 0 Å². The molecule has 0 aliphatic rings. The largest absolute Gasteiger partial charge is 0.323 e. The molecule has 0 bridgehead atoms. The zero-order valence-electron chi connectivity index (χ0n) is 11.8. The van der Waals surface area contributed by atoms with E-state index in [1.807, 2.05) is 13.8 Å². The number of nitrogens with one attached hydrogen (secondary N) is 1. The van der Waals surface area contributed by atoms with Gasteiger partial charge in [0.25, 0.3) is 9.05 Å². The van der Waals surface area contributed by atoms with Crippen LogP contribution in [-0.2, 0) is 13.8 Å². The predicted molar refractivity (Wildman–Crippen MR) is 86.9 cm³/mol. The van der Waals surface area contributed by atoms with Crippen molar-refractivity contribution in [3.05, 3.63) is 21.7 Å². The van der Waals surface area contributed by atoms with E-state index in [2.05, 4.69) is 5.32 Å². The molecule has 0 aliphatic carbocycles. The first-order valence-electron chi connectivity index (χ1n) is 6.37. The molecule has 8 heteroatoms. The average Bonchev–Trinajstić information content (AvgIpc) is 2.39. The van der Waals surface area contributed by atoms with E-state index in [9.17, 15) is 13.2 Å². The van der Waals surface area contributed by atoms with Crippen molar-refractivity contribution in [2.75, 3.05) is 5.32 Å². The molecule has 118 valence electrons. The molecular formula is C13H16Cl3NO3S. The van der Waals surface area contributed by atoms with Gasteiger partial charge in [-0.05, 0) is 31.4 Å². The van der Waals surface area contributed by atoms with Crippen molar-refractivity contribution in [1.29, 1.82) is 0 Å². The minimum atomic E-state index is -3.96. The molecule has 0 radical (unpaired) electrons. The lowest BCUT2D eigenvalue weighted by Crippen LogP contribution is -2.22. The summed E-state index contributed by atoms with van der Waals surface area (Å²) in [5.41, 5.74) is 0.452. The highest BCUT2D eigenvalue weighted by molar-refractivity contribution is 8.13. The highest BCUT2D eigenvalue weighted by Crippen LogP contribution is 2.38. The summed E-state index contributed by atoms with van der Waals surface area (Å²) in [4.78, 5) is 11.9. The molecule has 1 N–H and O–H groups in total. The Balaban J connectivity index is 3.29. The van der Waals surface area contributed by atoms with Gasteiger partial charge in [-0.3, -0.25) is 4.79 Å². The molecule has 1 amide bonds. The first kappa shape index (κ1) is 18.6. The molecule has 0 saturated carbocycles. The number of halogens is 3. The SMILES string of the molecule is CCC(CC)C(=O)Nc1c(Cl)cc(S(=O)(=O)Cl)c(C)c1Cl. The molecular weight excluding hydrogens is 357 g/mol. The van der Waals surface area contributed by atoms with Crippen molar-refractivity contribution < 1.29 is 13.2 Å². The third-order valence-electron chi connectivity index (χ3n) is 3.28. The third kappa shape index (κ3) is 4.25. The summed E-state index contributed by atoms with van der Waals surface area (Å²) in [5, 5.41) is 2.76. The van der Waals surface area contributed by atoms with Gasteiger partial charge >= 0.3 is 0 Å². The topological polar surface area (TPSA) is 63.2 Å². The average molecular weight is 373 g/mol. The van der Waals surface area contributed by atoms with E-state index in [4.69, 9.17) is 33.9 Å². The first-order valence-corrected chi connectivity index (χ1v) is 9.44. The fraction of sp³-hybridized carbons (Fsp3) is 0.462. The Morgan fingerprint density at radius 2 is 1.81 bits per heavy atom. The second-order valence-electron chi connectivity index (χ2n) is 4.61. The molecule has 0 aromatic heterocycles. The standard InChI is InChI=1S/C13H16Cl3NO3S/c1-4-8(5-2)13(18)17-12-9(14)6-10(21(16,19)20)7(3)11(12)15/h6,8H,4-5H2,1-3H3,(H,17,18). The number of hydrogen-bond donors (Lipinski definition) is 1. The Morgan fingerprint density at radius 3 is 2.24 bits per heavy atom. The van der Waals surface area contributed by atoms with Crippen LogP contribution in [0, 0.1) is 12.8 Å². The van der Waals surface area contributed by atoms with E-state index >= 15 is 0 Å². The Bertz CT molecular complexity index is 655. The smallest absolute Gasteiger partial charge is 0.261 e. The molecule has 0 saturated heterocycles. The van der Waals surface area contributed by atoms with Crippen LogP contribution in [-0.4, -0.2) is 14.3 Å². The quantitative estimate of drug-likeness (QED) is 0.768. The van der Waals surface area contributed by atoms with Gasteiger partial charge in [-0.2, -0.15) is 0 Å². The van der Waals surface area contributed by atoms with Gasteiger partial charge in [0.05, 0.1) is 20.6 Å². The molecule has 0 unspecified atom stereocenters. The highest BCUT2D eigenvalue weighted by Gasteiger charge is 2.23. The van der Waals surface area contributed by atoms with Crippen LogP contribution in [0.2, 0.25) is 10.0 Å². The maximum absolute atomic E-state index is 12.1. The molecule has 1 aromatic carbocycles. The number of anilines is 1. The molecule has 4 nitrogen and oxygen atoms in total. The fourth-order valence-corrected chi connectivity index (χ4v) is 3.83. The highest BCUT2D eigenvalue weighted by atomic mass is 35.7. The number of rotatable bonds is 5. The fourth-order valence-electron chi connectivity index (χ4n) is 1.95. The Kier molecular flexibility index (Phi) is 6.35. The van der Waals surface area contributed by atoms with Gasteiger partial charge in [0.15, 0.2) is 0 Å². The molecule has 0 heterocycles. The second kappa shape index (κ2) is 7.18. The van der Waals surface area contributed by atoms with Crippen LogP contribution >= 0.6 is 33.9 Å². The van der Waals surface area contributed by atoms with Crippen LogP contribution in [0.3, 0.4) is 0 Å². The minimum Gasteiger partial charge on any atom is -0.323 e. The maximum Gasteiger partial charge on any atom is 0.261 e. The molecule has 21 heavy (non-hydrogen) atoms. The third-order valence-corrected chi connectivity index (χ3v) is 5.50. The number of carbonyl (C=O) groups is 1. The first-order chi connectivity index (χ1) is 9.63. The van der Waals surface area contributed by atoms with Crippen molar-refractivity contribution in [1.82, 2.24) is 0 Å². The molecule has 0 aliphatic heterocycles. The van der Waals surface area contributed by atoms with Gasteiger partial charge in [0.1, 0.15) is 0 Å². The normalized spacial score (nSPS) is 11.8. The number of hydrogen-bond acceptors (Lipinski definition) is 3. The van der Waals surface area contributed by atoms with Crippen LogP contribution in [0.15, 0.2) is 11.0 Å². The van der Waals surface area contributed by atoms with Gasteiger partial charge in [0.2, 0.25) is 5.91 Å². The zero-order chi connectivity index (χ0) is 16.4. The molecule has 0 fully saturated rings. The van der Waals surface area contributed by atoms with Gasteiger partial charge in [-0.25, -0.2) is 8.42 Å². The van der Waals surface area contributed by atoms with Crippen molar-refractivity contribution in [2.45, 2.75) is 38.5 Å². The molecule has 1 aromatic rings. The summed E-state index contributed by atoms with van der Waals surface area (Å²) < 4.78 is 22.9. The van der Waals surface area contributed by atoms with Crippen LogP contribution in [0.4, 0.5) is 5.69 Å². The van der Waals surface area contributed by atoms with Crippen molar-refractivity contribution in [3.8, 4) is 0 Å². The summed E-state index contributed by atoms with van der Waals surface area (Å²) in [6.45, 7) is 5.32. The number of carbonyl (C=O) groups excluding carboxylic acids is 1. The minimum absolute atomic E-state index is 0.0316. The molecule has 0 atom stereocenters. The second-order valence-corrected chi connectivity index (χ2v) is 7.93. The van der Waals surface area contributed by atoms with Crippen molar-refractivity contribution in [3.63, 3.8) is 0 Å². The van der Waals surface area contributed by atoms with Gasteiger partial charge in [-0.1, -0.05) is 37.0 Å². The van der Waals surface area contributed by atoms with Crippen molar-refractivity contribution >= 4 is 54.5 Å². The summed E-state index contributed by atoms with van der Waals surface area (Å²) in [7, 11) is 1.37. The van der Waals surface area contributed by atoms with Gasteiger partial charge in [0, 0.05) is 16.6 Å². The number of amides is 1. The molecule has 0 spiro atoms. The summed E-state index contributed by atoms with van der Waals surface area (Å²) >= 11 is 12.1. The van der Waals surface area contributed by atoms with E-state index in [1.165, 1.54) is 13.0 Å². The lowest BCUT2D eigenvalue weighted by Gasteiger charge is -2.17. The van der Waals surface area contributed by atoms with Gasteiger partial charge in [-0.15, -0.1) is 0 Å². The lowest BCUT2D eigenvalue weighted by atomic mass is 10.0. The van der Waals surface area contributed by atoms with E-state index in [1.54, 1.807) is 0 Å². The summed E-state index contributed by atoms with van der Waals surface area (Å²) in [5.74, 6) is -0.362. The van der Waals surface area contributed by atoms with Crippen LogP contribution in [0.5, 0.6) is 0 Å². The Morgan fingerprint density at radius 1 is 1.29 bits per heavy atom. The van der Waals surface area contributed by atoms with Gasteiger partial charge < -0.3 is 5.32 Å². The van der Waals surface area contributed by atoms with E-state index in [-0.39, 0.29) is 38.0 Å². The molecule has 1 rings (SSSR count). The Hall–Kier alpha value is -0.490. The van der Waals surface area contributed by atoms with Crippen LogP contribution in [0.25, 0.3) is 0 Å². The van der Waals surface area contributed by atoms with Crippen LogP contribution < -0.4 is 5.32 Å². The van der Waals surface area contributed by atoms with E-state index in [0.29, 0.717) is 12.8 Å². The Labute approximate surface area is 139 Å². The number of benzene rings is 1. The van der Waals surface area contributed by atoms with Crippen LogP contribution in [0.1, 0.15) is 32.3 Å². The maximum atomic E-state index is 12.1. The summed E-state index contributed by atoms with van der Waals surface area (Å²) in [6, 6.07) is 1.19.